The van der Waals surface area contributed by atoms with E-state index in [9.17, 15) is 0 Å². The minimum Gasteiger partial charge on any atom is -0.369 e. The molecule has 0 aromatic carbocycles. The third-order valence-corrected chi connectivity index (χ3v) is 1.68. The molecule has 5 N–H and O–H groups in total. The minimum atomic E-state index is 0.274. The second-order valence-electron chi connectivity index (χ2n) is 2.88. The third kappa shape index (κ3) is 7.86. The van der Waals surface area contributed by atoms with Crippen LogP contribution in [0.15, 0.2) is 4.99 Å². The highest BCUT2D eigenvalue weighted by atomic mass is 127. The van der Waals surface area contributed by atoms with Gasteiger partial charge in [-0.3, -0.25) is 10.4 Å². The minimum absolute atomic E-state index is 0.274. The largest absolute Gasteiger partial charge is 0.369 e. The fraction of sp³-hybridized carbons (Fsp3) is 0.833. The number of alkyl halides is 1. The van der Waals surface area contributed by atoms with Crippen molar-refractivity contribution in [1.29, 1.82) is 0 Å². The van der Waals surface area contributed by atoms with Gasteiger partial charge in [0.25, 0.3) is 0 Å². The summed E-state index contributed by atoms with van der Waals surface area (Å²) in [4.78, 5) is 3.98. The first-order valence-corrected chi connectivity index (χ1v) is 4.49. The summed E-state index contributed by atoms with van der Waals surface area (Å²) in [6, 6.07) is 0. The average molecular weight is 270 g/mol. The number of nitrogens with two attached hydrogens (primary N) is 2. The number of hydrogen-bond donors (Lipinski definition) is 3. The van der Waals surface area contributed by atoms with Crippen molar-refractivity contribution in [2.75, 3.05) is 6.54 Å². The molecule has 0 heterocycles. The Morgan fingerprint density at radius 1 is 1.64 bits per heavy atom. The van der Waals surface area contributed by atoms with Crippen LogP contribution in [0.25, 0.3) is 0 Å². The SMILES string of the molecule is CC(C)(I)CCN=C(N)NN. The highest BCUT2D eigenvalue weighted by Gasteiger charge is 2.10. The summed E-state index contributed by atoms with van der Waals surface area (Å²) in [6.45, 7) is 5.01. The first-order chi connectivity index (χ1) is 4.95. The molecular formula is C6H15IN4. The monoisotopic (exact) mass is 270 g/mol. The van der Waals surface area contributed by atoms with Crippen molar-refractivity contribution in [3.05, 3.63) is 0 Å². The summed E-state index contributed by atoms with van der Waals surface area (Å²) >= 11 is 2.37. The van der Waals surface area contributed by atoms with Crippen LogP contribution in [0.1, 0.15) is 20.3 Å². The zero-order valence-corrected chi connectivity index (χ0v) is 9.05. The molecule has 0 saturated carbocycles. The van der Waals surface area contributed by atoms with Gasteiger partial charge in [-0.25, -0.2) is 5.84 Å². The van der Waals surface area contributed by atoms with Gasteiger partial charge in [0.05, 0.1) is 0 Å². The van der Waals surface area contributed by atoms with Crippen LogP contribution in [-0.2, 0) is 0 Å². The van der Waals surface area contributed by atoms with E-state index in [2.05, 4.69) is 46.9 Å². The van der Waals surface area contributed by atoms with Crippen LogP contribution in [0.4, 0.5) is 0 Å². The smallest absolute Gasteiger partial charge is 0.203 e. The predicted molar refractivity (Wildman–Crippen MR) is 56.5 cm³/mol. The van der Waals surface area contributed by atoms with Crippen LogP contribution in [0.2, 0.25) is 0 Å². The Morgan fingerprint density at radius 2 is 2.18 bits per heavy atom. The van der Waals surface area contributed by atoms with Gasteiger partial charge in [0.1, 0.15) is 0 Å². The van der Waals surface area contributed by atoms with Crippen molar-refractivity contribution in [3.8, 4) is 0 Å². The highest BCUT2D eigenvalue weighted by molar-refractivity contribution is 14.1. The van der Waals surface area contributed by atoms with Gasteiger partial charge >= 0.3 is 0 Å². The normalized spacial score (nSPS) is 13.3. The van der Waals surface area contributed by atoms with E-state index in [1.807, 2.05) is 0 Å². The van der Waals surface area contributed by atoms with Gasteiger partial charge in [-0.1, -0.05) is 36.4 Å². The zero-order valence-electron chi connectivity index (χ0n) is 6.89. The van der Waals surface area contributed by atoms with E-state index in [4.69, 9.17) is 11.6 Å². The lowest BCUT2D eigenvalue weighted by atomic mass is 10.1. The first-order valence-electron chi connectivity index (χ1n) is 3.41. The lowest BCUT2D eigenvalue weighted by Gasteiger charge is -2.13. The molecular weight excluding hydrogens is 255 g/mol. The molecule has 0 aliphatic rings. The van der Waals surface area contributed by atoms with Crippen molar-refractivity contribution < 1.29 is 0 Å². The fourth-order valence-corrected chi connectivity index (χ4v) is 0.729. The van der Waals surface area contributed by atoms with E-state index in [0.717, 1.165) is 6.42 Å². The molecule has 0 spiro atoms. The summed E-state index contributed by atoms with van der Waals surface area (Å²) in [5, 5.41) is 0. The molecule has 0 aliphatic heterocycles. The summed E-state index contributed by atoms with van der Waals surface area (Å²) in [7, 11) is 0. The molecule has 0 aromatic heterocycles. The van der Waals surface area contributed by atoms with Crippen molar-refractivity contribution in [3.63, 3.8) is 0 Å². The van der Waals surface area contributed by atoms with E-state index >= 15 is 0 Å². The average Bonchev–Trinajstić information content (AvgIpc) is 1.85. The van der Waals surface area contributed by atoms with Crippen molar-refractivity contribution in [1.82, 2.24) is 5.43 Å². The number of hydrazine groups is 1. The molecule has 0 fully saturated rings. The molecule has 0 saturated heterocycles. The Hall–Kier alpha value is -0.0400. The van der Waals surface area contributed by atoms with E-state index in [0.29, 0.717) is 12.5 Å². The molecule has 11 heavy (non-hydrogen) atoms. The van der Waals surface area contributed by atoms with Crippen LogP contribution in [0, 0.1) is 0 Å². The number of hydrogen-bond acceptors (Lipinski definition) is 2. The molecule has 66 valence electrons. The van der Waals surface area contributed by atoms with Crippen molar-refractivity contribution >= 4 is 28.6 Å². The Labute approximate surface area is 80.9 Å². The van der Waals surface area contributed by atoms with Crippen LogP contribution >= 0.6 is 22.6 Å². The Bertz CT molecular complexity index is 138. The van der Waals surface area contributed by atoms with Gasteiger partial charge in [-0.15, -0.1) is 0 Å². The number of rotatable bonds is 3. The Balaban J connectivity index is 3.57. The lowest BCUT2D eigenvalue weighted by molar-refractivity contribution is 0.677. The molecule has 4 nitrogen and oxygen atoms in total. The van der Waals surface area contributed by atoms with Gasteiger partial charge in [0.2, 0.25) is 5.96 Å². The quantitative estimate of drug-likeness (QED) is 0.173. The van der Waals surface area contributed by atoms with Crippen molar-refractivity contribution in [2.45, 2.75) is 23.7 Å². The molecule has 0 radical (unpaired) electrons. The van der Waals surface area contributed by atoms with Gasteiger partial charge in [-0.05, 0) is 6.42 Å². The number of aliphatic imine (C=N–C) groups is 1. The summed E-state index contributed by atoms with van der Waals surface area (Å²) < 4.78 is 0.274. The van der Waals surface area contributed by atoms with E-state index in [1.165, 1.54) is 0 Å². The summed E-state index contributed by atoms with van der Waals surface area (Å²) in [5.74, 6) is 5.31. The van der Waals surface area contributed by atoms with Crippen molar-refractivity contribution in [2.24, 2.45) is 16.6 Å². The van der Waals surface area contributed by atoms with E-state index in [-0.39, 0.29) is 3.42 Å². The van der Waals surface area contributed by atoms with Gasteiger partial charge < -0.3 is 5.73 Å². The molecule has 5 heteroatoms. The molecule has 0 amide bonds. The van der Waals surface area contributed by atoms with Gasteiger partial charge in [0, 0.05) is 9.97 Å². The predicted octanol–water partition coefficient (Wildman–Crippen LogP) is 0.368. The second kappa shape index (κ2) is 4.76. The van der Waals surface area contributed by atoms with Crippen LogP contribution in [0.5, 0.6) is 0 Å². The summed E-state index contributed by atoms with van der Waals surface area (Å²) in [5.41, 5.74) is 7.59. The maximum absolute atomic E-state index is 5.31. The molecule has 0 aliphatic carbocycles. The Kier molecular flexibility index (Phi) is 4.74. The first kappa shape index (κ1) is 11.0. The third-order valence-electron chi connectivity index (χ3n) is 1.14. The van der Waals surface area contributed by atoms with E-state index in [1.54, 1.807) is 0 Å². The topological polar surface area (TPSA) is 76.4 Å². The molecule has 0 atom stereocenters. The van der Waals surface area contributed by atoms with Gasteiger partial charge in [0.15, 0.2) is 0 Å². The number of halogens is 1. The standard InChI is InChI=1S/C6H15IN4/c1-6(2,7)3-4-10-5(8)11-9/h3-4,9H2,1-2H3,(H3,8,10,11). The lowest BCUT2D eigenvalue weighted by Crippen LogP contribution is -2.37. The zero-order chi connectivity index (χ0) is 8.91. The molecule has 0 bridgehead atoms. The molecule has 0 unspecified atom stereocenters. The Morgan fingerprint density at radius 3 is 2.55 bits per heavy atom. The summed E-state index contributed by atoms with van der Waals surface area (Å²) in [6.07, 6.45) is 0.996. The number of guanidine groups is 1. The van der Waals surface area contributed by atoms with Crippen LogP contribution < -0.4 is 17.0 Å². The van der Waals surface area contributed by atoms with Crippen LogP contribution in [0.3, 0.4) is 0 Å². The number of nitrogens with one attached hydrogen (secondary N) is 1. The maximum Gasteiger partial charge on any atom is 0.203 e. The van der Waals surface area contributed by atoms with Gasteiger partial charge in [-0.2, -0.15) is 0 Å². The maximum atomic E-state index is 5.31. The van der Waals surface area contributed by atoms with E-state index < -0.39 is 0 Å². The highest BCUT2D eigenvalue weighted by Crippen LogP contribution is 2.20. The second-order valence-corrected chi connectivity index (χ2v) is 5.80. The fourth-order valence-electron chi connectivity index (χ4n) is 0.488. The molecule has 0 rings (SSSR count). The van der Waals surface area contributed by atoms with Crippen LogP contribution in [-0.4, -0.2) is 15.9 Å². The number of nitrogens with zero attached hydrogens (tertiary/aromatic N) is 1. The molecule has 0 aromatic rings.